The number of aromatic nitrogens is 2. The van der Waals surface area contributed by atoms with Crippen molar-refractivity contribution in [3.05, 3.63) is 53.1 Å². The van der Waals surface area contributed by atoms with Crippen molar-refractivity contribution in [1.82, 2.24) is 14.9 Å². The molecule has 0 saturated carbocycles. The zero-order valence-electron chi connectivity index (χ0n) is 8.73. The van der Waals surface area contributed by atoms with E-state index in [2.05, 4.69) is 20.9 Å². The van der Waals surface area contributed by atoms with Crippen LogP contribution in [-0.4, -0.2) is 16.1 Å². The van der Waals surface area contributed by atoms with Crippen LogP contribution in [0.15, 0.2) is 36.8 Å². The average molecular weight is 234 g/mol. The Morgan fingerprint density at radius 2 is 2.25 bits per heavy atom. The molecule has 0 saturated heterocycles. The molecule has 2 aromatic rings. The smallest absolute Gasteiger partial charge is 0.0949 e. The van der Waals surface area contributed by atoms with E-state index in [0.29, 0.717) is 0 Å². The molecule has 3 nitrogen and oxygen atoms in total. The van der Waals surface area contributed by atoms with Crippen LogP contribution in [0, 0.1) is 0 Å². The SMILES string of the molecule is Clc1ccccc1C1NCCn2cncc21. The molecule has 1 unspecified atom stereocenters. The number of hydrogen-bond acceptors (Lipinski definition) is 2. The number of nitrogens with one attached hydrogen (secondary N) is 1. The van der Waals surface area contributed by atoms with Crippen molar-refractivity contribution in [3.63, 3.8) is 0 Å². The fourth-order valence-corrected chi connectivity index (χ4v) is 2.42. The standard InChI is InChI=1S/C12H12ClN3/c13-10-4-2-1-3-9(10)12-11-7-14-8-16(11)6-5-15-12/h1-4,7-8,12,15H,5-6H2. The largest absolute Gasteiger partial charge is 0.332 e. The summed E-state index contributed by atoms with van der Waals surface area (Å²) in [4.78, 5) is 4.19. The molecular formula is C12H12ClN3. The van der Waals surface area contributed by atoms with Crippen molar-refractivity contribution >= 4 is 11.6 Å². The lowest BCUT2D eigenvalue weighted by Crippen LogP contribution is -2.33. The fraction of sp³-hybridized carbons (Fsp3) is 0.250. The maximum absolute atomic E-state index is 6.22. The zero-order valence-corrected chi connectivity index (χ0v) is 9.48. The van der Waals surface area contributed by atoms with Gasteiger partial charge in [0.15, 0.2) is 0 Å². The summed E-state index contributed by atoms with van der Waals surface area (Å²) in [5, 5.41) is 4.27. The maximum atomic E-state index is 6.22. The van der Waals surface area contributed by atoms with E-state index in [9.17, 15) is 0 Å². The van der Waals surface area contributed by atoms with Crippen LogP contribution >= 0.6 is 11.6 Å². The third-order valence-corrected chi connectivity index (χ3v) is 3.30. The normalized spacial score (nSPS) is 19.4. The van der Waals surface area contributed by atoms with Crippen molar-refractivity contribution in [3.8, 4) is 0 Å². The summed E-state index contributed by atoms with van der Waals surface area (Å²) in [6.45, 7) is 1.91. The molecule has 1 aliphatic rings. The van der Waals surface area contributed by atoms with Gasteiger partial charge < -0.3 is 9.88 Å². The molecule has 1 aromatic carbocycles. The van der Waals surface area contributed by atoms with Crippen LogP contribution in [0.25, 0.3) is 0 Å². The molecule has 1 atom stereocenters. The highest BCUT2D eigenvalue weighted by Gasteiger charge is 2.22. The van der Waals surface area contributed by atoms with Gasteiger partial charge in [0.05, 0.1) is 24.3 Å². The van der Waals surface area contributed by atoms with E-state index in [4.69, 9.17) is 11.6 Å². The molecule has 0 bridgehead atoms. The summed E-state index contributed by atoms with van der Waals surface area (Å²) in [5.74, 6) is 0. The van der Waals surface area contributed by atoms with Gasteiger partial charge in [-0.25, -0.2) is 4.98 Å². The number of imidazole rings is 1. The van der Waals surface area contributed by atoms with Gasteiger partial charge in [0.1, 0.15) is 0 Å². The zero-order chi connectivity index (χ0) is 11.0. The summed E-state index contributed by atoms with van der Waals surface area (Å²) in [6.07, 6.45) is 3.78. The average Bonchev–Trinajstić information content (AvgIpc) is 2.77. The molecular weight excluding hydrogens is 222 g/mol. The van der Waals surface area contributed by atoms with Crippen molar-refractivity contribution < 1.29 is 0 Å². The number of benzene rings is 1. The molecule has 1 N–H and O–H groups in total. The summed E-state index contributed by atoms with van der Waals surface area (Å²) in [5.41, 5.74) is 2.30. The van der Waals surface area contributed by atoms with Gasteiger partial charge in [0, 0.05) is 18.1 Å². The number of nitrogens with zero attached hydrogens (tertiary/aromatic N) is 2. The summed E-state index contributed by atoms with van der Waals surface area (Å²) >= 11 is 6.22. The Bertz CT molecular complexity index is 506. The highest BCUT2D eigenvalue weighted by Crippen LogP contribution is 2.29. The van der Waals surface area contributed by atoms with E-state index in [1.165, 1.54) is 5.69 Å². The molecule has 0 amide bonds. The third-order valence-electron chi connectivity index (χ3n) is 2.96. The second-order valence-electron chi connectivity index (χ2n) is 3.92. The summed E-state index contributed by atoms with van der Waals surface area (Å²) < 4.78 is 2.17. The van der Waals surface area contributed by atoms with E-state index in [-0.39, 0.29) is 6.04 Å². The van der Waals surface area contributed by atoms with Crippen LogP contribution < -0.4 is 5.32 Å². The van der Waals surface area contributed by atoms with E-state index >= 15 is 0 Å². The molecule has 0 aliphatic carbocycles. The van der Waals surface area contributed by atoms with Gasteiger partial charge in [-0.05, 0) is 11.6 Å². The first kappa shape index (κ1) is 9.87. The van der Waals surface area contributed by atoms with E-state index in [0.717, 1.165) is 23.7 Å². The Labute approximate surface area is 99.1 Å². The molecule has 3 rings (SSSR count). The monoisotopic (exact) mass is 233 g/mol. The topological polar surface area (TPSA) is 29.9 Å². The lowest BCUT2D eigenvalue weighted by Gasteiger charge is -2.26. The Kier molecular flexibility index (Phi) is 2.42. The molecule has 0 radical (unpaired) electrons. The second kappa shape index (κ2) is 3.92. The van der Waals surface area contributed by atoms with Crippen LogP contribution in [0.2, 0.25) is 5.02 Å². The summed E-state index contributed by atoms with van der Waals surface area (Å²) in [7, 11) is 0. The van der Waals surface area contributed by atoms with Crippen LogP contribution in [0.5, 0.6) is 0 Å². The molecule has 1 aromatic heterocycles. The first-order chi connectivity index (χ1) is 7.86. The molecule has 0 spiro atoms. The third kappa shape index (κ3) is 1.52. The van der Waals surface area contributed by atoms with Gasteiger partial charge in [-0.15, -0.1) is 0 Å². The Hall–Kier alpha value is -1.32. The van der Waals surface area contributed by atoms with Gasteiger partial charge in [-0.2, -0.15) is 0 Å². The Balaban J connectivity index is 2.08. The van der Waals surface area contributed by atoms with Crippen molar-refractivity contribution in [2.45, 2.75) is 12.6 Å². The van der Waals surface area contributed by atoms with Gasteiger partial charge in [-0.3, -0.25) is 0 Å². The van der Waals surface area contributed by atoms with Crippen LogP contribution in [0.1, 0.15) is 17.3 Å². The minimum Gasteiger partial charge on any atom is -0.332 e. The van der Waals surface area contributed by atoms with Crippen molar-refractivity contribution in [2.24, 2.45) is 0 Å². The molecule has 82 valence electrons. The second-order valence-corrected chi connectivity index (χ2v) is 4.33. The number of hydrogen-bond donors (Lipinski definition) is 1. The van der Waals surface area contributed by atoms with Gasteiger partial charge >= 0.3 is 0 Å². The number of rotatable bonds is 1. The molecule has 0 fully saturated rings. The first-order valence-electron chi connectivity index (χ1n) is 5.34. The molecule has 2 heterocycles. The predicted molar refractivity (Wildman–Crippen MR) is 63.5 cm³/mol. The van der Waals surface area contributed by atoms with Gasteiger partial charge in [-0.1, -0.05) is 29.8 Å². The number of fused-ring (bicyclic) bond motifs is 1. The predicted octanol–water partition coefficient (Wildman–Crippen LogP) is 2.23. The highest BCUT2D eigenvalue weighted by atomic mass is 35.5. The van der Waals surface area contributed by atoms with Crippen LogP contribution in [0.4, 0.5) is 0 Å². The fourth-order valence-electron chi connectivity index (χ4n) is 2.17. The van der Waals surface area contributed by atoms with Gasteiger partial charge in [0.25, 0.3) is 0 Å². The lowest BCUT2D eigenvalue weighted by atomic mass is 10.0. The van der Waals surface area contributed by atoms with Crippen molar-refractivity contribution in [2.75, 3.05) is 6.54 Å². The maximum Gasteiger partial charge on any atom is 0.0949 e. The molecule has 4 heteroatoms. The van der Waals surface area contributed by atoms with Crippen molar-refractivity contribution in [1.29, 1.82) is 0 Å². The van der Waals surface area contributed by atoms with E-state index in [1.807, 2.05) is 30.7 Å². The van der Waals surface area contributed by atoms with Crippen LogP contribution in [0.3, 0.4) is 0 Å². The lowest BCUT2D eigenvalue weighted by molar-refractivity contribution is 0.467. The van der Waals surface area contributed by atoms with Gasteiger partial charge in [0.2, 0.25) is 0 Å². The highest BCUT2D eigenvalue weighted by molar-refractivity contribution is 6.31. The Morgan fingerprint density at radius 1 is 1.38 bits per heavy atom. The van der Waals surface area contributed by atoms with E-state index in [1.54, 1.807) is 0 Å². The first-order valence-corrected chi connectivity index (χ1v) is 5.72. The minimum absolute atomic E-state index is 0.157. The van der Waals surface area contributed by atoms with Crippen LogP contribution in [-0.2, 0) is 6.54 Å². The molecule has 16 heavy (non-hydrogen) atoms. The summed E-state index contributed by atoms with van der Waals surface area (Å²) in [6, 6.07) is 8.10. The Morgan fingerprint density at radius 3 is 3.12 bits per heavy atom. The number of halogens is 1. The van der Waals surface area contributed by atoms with E-state index < -0.39 is 0 Å². The molecule has 1 aliphatic heterocycles. The quantitative estimate of drug-likeness (QED) is 0.819. The minimum atomic E-state index is 0.157.